The van der Waals surface area contributed by atoms with Gasteiger partial charge in [0.25, 0.3) is 0 Å². The molecule has 0 spiro atoms. The SMILES string of the molecule is Cc1cnc(N)c(C2(O)CCc3ccccc3C2)c1. The van der Waals surface area contributed by atoms with Gasteiger partial charge in [0.05, 0.1) is 5.60 Å². The first kappa shape index (κ1) is 12.2. The van der Waals surface area contributed by atoms with E-state index in [9.17, 15) is 5.11 Å². The summed E-state index contributed by atoms with van der Waals surface area (Å²) in [6, 6.07) is 10.2. The smallest absolute Gasteiger partial charge is 0.129 e. The summed E-state index contributed by atoms with van der Waals surface area (Å²) < 4.78 is 0. The van der Waals surface area contributed by atoms with Gasteiger partial charge in [0, 0.05) is 18.2 Å². The first-order chi connectivity index (χ1) is 9.08. The Hall–Kier alpha value is -1.87. The zero-order valence-corrected chi connectivity index (χ0v) is 11.1. The van der Waals surface area contributed by atoms with E-state index in [1.54, 1.807) is 6.20 Å². The van der Waals surface area contributed by atoms with E-state index < -0.39 is 5.60 Å². The maximum atomic E-state index is 11.0. The van der Waals surface area contributed by atoms with Crippen LogP contribution in [0.4, 0.5) is 5.82 Å². The Bertz CT molecular complexity index is 624. The van der Waals surface area contributed by atoms with Crippen molar-refractivity contribution in [2.75, 3.05) is 5.73 Å². The van der Waals surface area contributed by atoms with E-state index in [2.05, 4.69) is 17.1 Å². The van der Waals surface area contributed by atoms with Crippen molar-refractivity contribution in [1.82, 2.24) is 4.98 Å². The number of nitrogen functional groups attached to an aromatic ring is 1. The second-order valence-electron chi connectivity index (χ2n) is 5.42. The minimum atomic E-state index is -0.891. The highest BCUT2D eigenvalue weighted by atomic mass is 16.3. The van der Waals surface area contributed by atoms with Crippen LogP contribution in [0.25, 0.3) is 0 Å². The largest absolute Gasteiger partial charge is 0.385 e. The van der Waals surface area contributed by atoms with E-state index in [0.717, 1.165) is 17.5 Å². The Morgan fingerprint density at radius 3 is 2.79 bits per heavy atom. The summed E-state index contributed by atoms with van der Waals surface area (Å²) in [5, 5.41) is 11.0. The van der Waals surface area contributed by atoms with Crippen molar-refractivity contribution >= 4 is 5.82 Å². The van der Waals surface area contributed by atoms with Crippen molar-refractivity contribution in [2.24, 2.45) is 0 Å². The van der Waals surface area contributed by atoms with Crippen molar-refractivity contribution in [1.29, 1.82) is 0 Å². The molecule has 1 atom stereocenters. The van der Waals surface area contributed by atoms with Crippen LogP contribution in [0.5, 0.6) is 0 Å². The molecule has 0 bridgehead atoms. The van der Waals surface area contributed by atoms with E-state index in [4.69, 9.17) is 5.73 Å². The minimum absolute atomic E-state index is 0.437. The molecule has 1 heterocycles. The zero-order chi connectivity index (χ0) is 13.5. The fourth-order valence-electron chi connectivity index (χ4n) is 2.90. The first-order valence-electron chi connectivity index (χ1n) is 6.60. The fraction of sp³-hybridized carbons (Fsp3) is 0.312. The second kappa shape index (κ2) is 4.35. The number of aromatic nitrogens is 1. The molecule has 1 aliphatic carbocycles. The molecule has 1 aliphatic rings. The topological polar surface area (TPSA) is 59.1 Å². The molecule has 1 unspecified atom stereocenters. The second-order valence-corrected chi connectivity index (χ2v) is 5.42. The molecule has 0 radical (unpaired) electrons. The van der Waals surface area contributed by atoms with Gasteiger partial charge >= 0.3 is 0 Å². The van der Waals surface area contributed by atoms with Crippen LogP contribution in [0.3, 0.4) is 0 Å². The third kappa shape index (κ3) is 2.10. The van der Waals surface area contributed by atoms with E-state index in [1.807, 2.05) is 25.1 Å². The highest BCUT2D eigenvalue weighted by Crippen LogP contribution is 2.38. The van der Waals surface area contributed by atoms with Gasteiger partial charge in [-0.25, -0.2) is 4.98 Å². The third-order valence-corrected chi connectivity index (χ3v) is 3.97. The number of nitrogens with two attached hydrogens (primary N) is 1. The van der Waals surface area contributed by atoms with Gasteiger partial charge in [-0.15, -0.1) is 0 Å². The van der Waals surface area contributed by atoms with Gasteiger partial charge in [-0.1, -0.05) is 24.3 Å². The van der Waals surface area contributed by atoms with Crippen LogP contribution >= 0.6 is 0 Å². The van der Waals surface area contributed by atoms with E-state index in [0.29, 0.717) is 18.7 Å². The van der Waals surface area contributed by atoms with E-state index >= 15 is 0 Å². The molecule has 1 aromatic carbocycles. The summed E-state index contributed by atoms with van der Waals surface area (Å²) in [4.78, 5) is 4.17. The summed E-state index contributed by atoms with van der Waals surface area (Å²) >= 11 is 0. The van der Waals surface area contributed by atoms with Gasteiger partial charge in [-0.2, -0.15) is 0 Å². The van der Waals surface area contributed by atoms with Crippen LogP contribution in [0.2, 0.25) is 0 Å². The molecule has 3 N–H and O–H groups in total. The zero-order valence-electron chi connectivity index (χ0n) is 11.1. The molecule has 0 saturated carbocycles. The summed E-state index contributed by atoms with van der Waals surface area (Å²) in [5.74, 6) is 0.437. The van der Waals surface area contributed by atoms with Crippen molar-refractivity contribution in [3.05, 3.63) is 58.8 Å². The molecule has 98 valence electrons. The van der Waals surface area contributed by atoms with E-state index in [-0.39, 0.29) is 0 Å². The highest BCUT2D eigenvalue weighted by Gasteiger charge is 2.35. The molecule has 3 nitrogen and oxygen atoms in total. The average molecular weight is 254 g/mol. The molecular weight excluding hydrogens is 236 g/mol. The van der Waals surface area contributed by atoms with E-state index in [1.165, 1.54) is 11.1 Å². The van der Waals surface area contributed by atoms with Crippen molar-refractivity contribution in [2.45, 2.75) is 31.8 Å². The molecule has 0 aliphatic heterocycles. The number of fused-ring (bicyclic) bond motifs is 1. The molecule has 19 heavy (non-hydrogen) atoms. The number of aryl methyl sites for hydroxylation is 2. The van der Waals surface area contributed by atoms with Gasteiger partial charge < -0.3 is 10.8 Å². The number of aliphatic hydroxyl groups is 1. The van der Waals surface area contributed by atoms with Crippen LogP contribution in [0.15, 0.2) is 36.5 Å². The summed E-state index contributed by atoms with van der Waals surface area (Å²) in [6.07, 6.45) is 3.91. The van der Waals surface area contributed by atoms with Gasteiger partial charge in [0.1, 0.15) is 5.82 Å². The van der Waals surface area contributed by atoms with Gasteiger partial charge in [0.15, 0.2) is 0 Å². The lowest BCUT2D eigenvalue weighted by atomic mass is 9.76. The van der Waals surface area contributed by atoms with Gasteiger partial charge in [-0.05, 0) is 42.5 Å². The highest BCUT2D eigenvalue weighted by molar-refractivity contribution is 5.47. The molecule has 2 aromatic rings. The van der Waals surface area contributed by atoms with Crippen LogP contribution in [-0.2, 0) is 18.4 Å². The van der Waals surface area contributed by atoms with Crippen LogP contribution in [0.1, 0.15) is 28.7 Å². The van der Waals surface area contributed by atoms with Crippen LogP contribution in [-0.4, -0.2) is 10.1 Å². The van der Waals surface area contributed by atoms with Crippen LogP contribution < -0.4 is 5.73 Å². The van der Waals surface area contributed by atoms with Gasteiger partial charge in [-0.3, -0.25) is 0 Å². The predicted octanol–water partition coefficient (Wildman–Crippen LogP) is 2.35. The lowest BCUT2D eigenvalue weighted by Gasteiger charge is -2.34. The van der Waals surface area contributed by atoms with Crippen molar-refractivity contribution in [3.8, 4) is 0 Å². The van der Waals surface area contributed by atoms with Crippen molar-refractivity contribution in [3.63, 3.8) is 0 Å². The molecule has 0 saturated heterocycles. The minimum Gasteiger partial charge on any atom is -0.385 e. The molecule has 0 fully saturated rings. The molecular formula is C16H18N2O. The number of benzene rings is 1. The Labute approximate surface area is 113 Å². The Balaban J connectivity index is 2.04. The summed E-state index contributed by atoms with van der Waals surface area (Å²) in [5.41, 5.74) is 9.38. The van der Waals surface area contributed by atoms with Crippen molar-refractivity contribution < 1.29 is 5.11 Å². The Morgan fingerprint density at radius 2 is 2.00 bits per heavy atom. The maximum Gasteiger partial charge on any atom is 0.129 e. The average Bonchev–Trinajstić information content (AvgIpc) is 2.41. The monoisotopic (exact) mass is 254 g/mol. The number of pyridine rings is 1. The summed E-state index contributed by atoms with van der Waals surface area (Å²) in [6.45, 7) is 1.97. The number of nitrogens with zero attached hydrogens (tertiary/aromatic N) is 1. The molecule has 3 heteroatoms. The third-order valence-electron chi connectivity index (χ3n) is 3.97. The number of rotatable bonds is 1. The molecule has 1 aromatic heterocycles. The number of hydrogen-bond donors (Lipinski definition) is 2. The maximum absolute atomic E-state index is 11.0. The Morgan fingerprint density at radius 1 is 1.26 bits per heavy atom. The van der Waals surface area contributed by atoms with Crippen LogP contribution in [0, 0.1) is 6.92 Å². The summed E-state index contributed by atoms with van der Waals surface area (Å²) in [7, 11) is 0. The molecule has 0 amide bonds. The quantitative estimate of drug-likeness (QED) is 0.821. The normalized spacial score (nSPS) is 22.0. The fourth-order valence-corrected chi connectivity index (χ4v) is 2.90. The van der Waals surface area contributed by atoms with Gasteiger partial charge in [0.2, 0.25) is 0 Å². The lowest BCUT2D eigenvalue weighted by Crippen LogP contribution is -2.34. The number of hydrogen-bond acceptors (Lipinski definition) is 3. The standard InChI is InChI=1S/C16H18N2O/c1-11-8-14(15(17)18-10-11)16(19)7-6-12-4-2-3-5-13(12)9-16/h2-5,8,10,19H,6-7,9H2,1H3,(H2,17,18). The molecule has 3 rings (SSSR count). The number of anilines is 1. The lowest BCUT2D eigenvalue weighted by molar-refractivity contribution is 0.0227. The Kier molecular flexibility index (Phi) is 2.79. The predicted molar refractivity (Wildman–Crippen MR) is 75.8 cm³/mol. The first-order valence-corrected chi connectivity index (χ1v) is 6.60.